The van der Waals surface area contributed by atoms with Crippen LogP contribution in [0.15, 0.2) is 46.8 Å². The van der Waals surface area contributed by atoms with Crippen LogP contribution in [0.2, 0.25) is 5.02 Å². The van der Waals surface area contributed by atoms with E-state index < -0.39 is 9.84 Å². The van der Waals surface area contributed by atoms with Crippen LogP contribution in [-0.4, -0.2) is 13.4 Å². The van der Waals surface area contributed by atoms with E-state index in [1.54, 1.807) is 18.3 Å². The van der Waals surface area contributed by atoms with Crippen molar-refractivity contribution in [2.75, 3.05) is 0 Å². The molecule has 1 aromatic carbocycles. The molecule has 0 saturated heterocycles. The van der Waals surface area contributed by atoms with Gasteiger partial charge in [-0.15, -0.1) is 0 Å². The number of halogens is 1. The fourth-order valence-corrected chi connectivity index (χ4v) is 2.59. The van der Waals surface area contributed by atoms with Crippen LogP contribution in [0.25, 0.3) is 10.9 Å². The Balaban J connectivity index is 2.76. The van der Waals surface area contributed by atoms with Gasteiger partial charge in [0.25, 0.3) is 0 Å². The highest BCUT2D eigenvalue weighted by atomic mass is 35.5. The van der Waals surface area contributed by atoms with Crippen molar-refractivity contribution in [3.63, 3.8) is 0 Å². The van der Waals surface area contributed by atoms with Crippen molar-refractivity contribution in [3.05, 3.63) is 47.0 Å². The molecule has 2 rings (SSSR count). The molecule has 5 heteroatoms. The van der Waals surface area contributed by atoms with Crippen LogP contribution >= 0.6 is 11.6 Å². The fraction of sp³-hybridized carbons (Fsp3) is 0.0833. The van der Waals surface area contributed by atoms with E-state index in [1.807, 2.05) is 0 Å². The Bertz CT molecular complexity index is 708. The minimum Gasteiger partial charge on any atom is -0.256 e. The van der Waals surface area contributed by atoms with Gasteiger partial charge in [0.1, 0.15) is 0 Å². The van der Waals surface area contributed by atoms with E-state index in [0.29, 0.717) is 15.9 Å². The highest BCUT2D eigenvalue weighted by molar-refractivity contribution is 7.95. The van der Waals surface area contributed by atoms with E-state index in [-0.39, 0.29) is 9.80 Å². The third kappa shape index (κ3) is 2.06. The van der Waals surface area contributed by atoms with Crippen molar-refractivity contribution in [3.8, 4) is 0 Å². The Labute approximate surface area is 105 Å². The lowest BCUT2D eigenvalue weighted by Gasteiger charge is -2.05. The molecule has 0 atom stereocenters. The number of allylic oxidation sites excluding steroid dienone is 1. The zero-order valence-corrected chi connectivity index (χ0v) is 10.7. The molecular formula is C12H10ClNO2S. The molecule has 0 unspecified atom stereocenters. The van der Waals surface area contributed by atoms with Gasteiger partial charge in [0, 0.05) is 16.5 Å². The Kier molecular flexibility index (Phi) is 2.93. The lowest BCUT2D eigenvalue weighted by molar-refractivity contribution is 0.602. The smallest absolute Gasteiger partial charge is 0.201 e. The number of aromatic nitrogens is 1. The zero-order valence-electron chi connectivity index (χ0n) is 9.14. The molecule has 0 spiro atoms. The van der Waals surface area contributed by atoms with Gasteiger partial charge in [-0.2, -0.15) is 0 Å². The average Bonchev–Trinajstić information content (AvgIpc) is 2.29. The molecule has 17 heavy (non-hydrogen) atoms. The molecule has 2 aromatic rings. The number of pyridine rings is 1. The quantitative estimate of drug-likeness (QED) is 0.839. The van der Waals surface area contributed by atoms with Gasteiger partial charge in [-0.05, 0) is 31.2 Å². The number of benzene rings is 1. The number of fused-ring (bicyclic) bond motifs is 1. The Hall–Kier alpha value is -1.39. The van der Waals surface area contributed by atoms with Gasteiger partial charge in [-0.3, -0.25) is 4.98 Å². The SMILES string of the molecule is C=C(C)S(=O)(=O)c1ccc2nccc(Cl)c2c1. The summed E-state index contributed by atoms with van der Waals surface area (Å²) in [5.74, 6) is 0. The summed E-state index contributed by atoms with van der Waals surface area (Å²) in [4.78, 5) is 4.40. The third-order valence-corrected chi connectivity index (χ3v) is 4.55. The zero-order chi connectivity index (χ0) is 12.6. The topological polar surface area (TPSA) is 47.0 Å². The number of rotatable bonds is 2. The van der Waals surface area contributed by atoms with E-state index in [0.717, 1.165) is 0 Å². The highest BCUT2D eigenvalue weighted by Gasteiger charge is 2.16. The molecular weight excluding hydrogens is 258 g/mol. The lowest BCUT2D eigenvalue weighted by atomic mass is 10.2. The number of hydrogen-bond acceptors (Lipinski definition) is 3. The molecule has 1 aromatic heterocycles. The molecule has 3 nitrogen and oxygen atoms in total. The maximum Gasteiger partial charge on any atom is 0.201 e. The normalized spacial score (nSPS) is 11.6. The predicted octanol–water partition coefficient (Wildman–Crippen LogP) is 3.20. The van der Waals surface area contributed by atoms with Gasteiger partial charge in [-0.1, -0.05) is 18.2 Å². The highest BCUT2D eigenvalue weighted by Crippen LogP contribution is 2.26. The van der Waals surface area contributed by atoms with Crippen molar-refractivity contribution in [1.82, 2.24) is 4.98 Å². The summed E-state index contributed by atoms with van der Waals surface area (Å²) < 4.78 is 23.8. The number of hydrogen-bond donors (Lipinski definition) is 0. The Morgan fingerprint density at radius 2 is 2.06 bits per heavy atom. The first-order valence-electron chi connectivity index (χ1n) is 4.88. The molecule has 0 aliphatic heterocycles. The van der Waals surface area contributed by atoms with E-state index in [1.165, 1.54) is 19.1 Å². The molecule has 0 saturated carbocycles. The summed E-state index contributed by atoms with van der Waals surface area (Å²) >= 11 is 6.00. The molecule has 0 aliphatic rings. The largest absolute Gasteiger partial charge is 0.256 e. The molecule has 0 N–H and O–H groups in total. The van der Waals surface area contributed by atoms with Gasteiger partial charge < -0.3 is 0 Å². The monoisotopic (exact) mass is 267 g/mol. The third-order valence-electron chi connectivity index (χ3n) is 2.43. The minimum atomic E-state index is -3.47. The lowest BCUT2D eigenvalue weighted by Crippen LogP contribution is -2.01. The first-order chi connectivity index (χ1) is 7.93. The average molecular weight is 268 g/mol. The summed E-state index contributed by atoms with van der Waals surface area (Å²) in [5, 5.41) is 1.10. The van der Waals surface area contributed by atoms with Crippen molar-refractivity contribution >= 4 is 32.3 Å². The molecule has 0 aliphatic carbocycles. The Morgan fingerprint density at radius 1 is 1.35 bits per heavy atom. The van der Waals surface area contributed by atoms with Crippen molar-refractivity contribution in [2.24, 2.45) is 0 Å². The van der Waals surface area contributed by atoms with Crippen molar-refractivity contribution in [2.45, 2.75) is 11.8 Å². The number of sulfone groups is 1. The maximum absolute atomic E-state index is 11.9. The van der Waals surface area contributed by atoms with Crippen LogP contribution in [-0.2, 0) is 9.84 Å². The van der Waals surface area contributed by atoms with Crippen LogP contribution in [0.3, 0.4) is 0 Å². The summed E-state index contributed by atoms with van der Waals surface area (Å²) in [6.07, 6.45) is 1.58. The van der Waals surface area contributed by atoms with Crippen LogP contribution in [0.5, 0.6) is 0 Å². The second-order valence-corrected chi connectivity index (χ2v) is 6.26. The van der Waals surface area contributed by atoms with E-state index >= 15 is 0 Å². The second kappa shape index (κ2) is 4.13. The van der Waals surface area contributed by atoms with Crippen LogP contribution in [0.4, 0.5) is 0 Å². The van der Waals surface area contributed by atoms with E-state index in [4.69, 9.17) is 11.6 Å². The van der Waals surface area contributed by atoms with Crippen LogP contribution in [0, 0.1) is 0 Å². The molecule has 1 heterocycles. The van der Waals surface area contributed by atoms with Crippen LogP contribution in [0.1, 0.15) is 6.92 Å². The van der Waals surface area contributed by atoms with Gasteiger partial charge in [0.15, 0.2) is 0 Å². The standard InChI is InChI=1S/C12H10ClNO2S/c1-8(2)17(15,16)9-3-4-12-10(7-9)11(13)5-6-14-12/h3-7H,1H2,2H3. The Morgan fingerprint density at radius 3 is 2.71 bits per heavy atom. The summed E-state index contributed by atoms with van der Waals surface area (Å²) in [6, 6.07) is 6.29. The van der Waals surface area contributed by atoms with E-state index in [9.17, 15) is 8.42 Å². The summed E-state index contributed by atoms with van der Waals surface area (Å²) in [6.45, 7) is 4.93. The molecule has 0 fully saturated rings. The molecule has 0 bridgehead atoms. The van der Waals surface area contributed by atoms with Crippen LogP contribution < -0.4 is 0 Å². The van der Waals surface area contributed by atoms with Gasteiger partial charge >= 0.3 is 0 Å². The minimum absolute atomic E-state index is 0.108. The van der Waals surface area contributed by atoms with Gasteiger partial charge in [-0.25, -0.2) is 8.42 Å². The second-order valence-electron chi connectivity index (χ2n) is 3.68. The maximum atomic E-state index is 11.9. The molecule has 0 amide bonds. The fourth-order valence-electron chi connectivity index (χ4n) is 1.46. The van der Waals surface area contributed by atoms with E-state index in [2.05, 4.69) is 11.6 Å². The summed E-state index contributed by atoms with van der Waals surface area (Å²) in [5.41, 5.74) is 0.665. The predicted molar refractivity (Wildman–Crippen MR) is 68.8 cm³/mol. The van der Waals surface area contributed by atoms with Gasteiger partial charge in [0.05, 0.1) is 15.4 Å². The first-order valence-corrected chi connectivity index (χ1v) is 6.74. The first kappa shape index (κ1) is 12.1. The van der Waals surface area contributed by atoms with Crippen molar-refractivity contribution in [1.29, 1.82) is 0 Å². The number of nitrogens with zero attached hydrogens (tertiary/aromatic N) is 1. The van der Waals surface area contributed by atoms with Gasteiger partial charge in [0.2, 0.25) is 9.84 Å². The molecule has 88 valence electrons. The summed E-state index contributed by atoms with van der Waals surface area (Å²) in [7, 11) is -3.47. The molecule has 0 radical (unpaired) electrons. The van der Waals surface area contributed by atoms with Crippen molar-refractivity contribution < 1.29 is 8.42 Å².